The maximum atomic E-state index is 6.81. The predicted octanol–water partition coefficient (Wildman–Crippen LogP) is 7.39. The average Bonchev–Trinajstić information content (AvgIpc) is 2.88. The zero-order valence-electron chi connectivity index (χ0n) is 22.5. The van der Waals surface area contributed by atoms with E-state index in [2.05, 4.69) is 67.9 Å². The SMILES string of the molecule is CCCCOC[C@H]1O[C@@H](c2cccc(CBr)c2)[C@H](OCCCC)[C@@H](OCCCC)[C@@H]1OCCCC. The molecule has 35 heavy (non-hydrogen) atoms. The van der Waals surface area contributed by atoms with Crippen LogP contribution in [0.1, 0.15) is 96.3 Å². The second-order valence-electron chi connectivity index (χ2n) is 9.47. The Bertz CT molecular complexity index is 658. The molecule has 1 aliphatic heterocycles. The van der Waals surface area contributed by atoms with Gasteiger partial charge >= 0.3 is 0 Å². The van der Waals surface area contributed by atoms with Crippen LogP contribution in [0.2, 0.25) is 0 Å². The maximum absolute atomic E-state index is 6.81. The van der Waals surface area contributed by atoms with Crippen LogP contribution in [0, 0.1) is 0 Å². The van der Waals surface area contributed by atoms with Gasteiger partial charge in [-0.2, -0.15) is 0 Å². The molecule has 1 fully saturated rings. The number of rotatable bonds is 19. The highest BCUT2D eigenvalue weighted by Crippen LogP contribution is 2.38. The highest BCUT2D eigenvalue weighted by atomic mass is 79.9. The Balaban J connectivity index is 2.38. The second-order valence-corrected chi connectivity index (χ2v) is 10.0. The van der Waals surface area contributed by atoms with Crippen LogP contribution in [0.4, 0.5) is 0 Å². The molecule has 0 unspecified atom stereocenters. The molecule has 5 nitrogen and oxygen atoms in total. The smallest absolute Gasteiger partial charge is 0.117 e. The molecule has 202 valence electrons. The van der Waals surface area contributed by atoms with Crippen molar-refractivity contribution in [3.05, 3.63) is 35.4 Å². The predicted molar refractivity (Wildman–Crippen MR) is 146 cm³/mol. The summed E-state index contributed by atoms with van der Waals surface area (Å²) >= 11 is 3.60. The highest BCUT2D eigenvalue weighted by molar-refractivity contribution is 9.08. The van der Waals surface area contributed by atoms with E-state index in [0.717, 1.165) is 68.9 Å². The zero-order valence-corrected chi connectivity index (χ0v) is 24.1. The topological polar surface area (TPSA) is 46.2 Å². The second kappa shape index (κ2) is 18.7. The third-order valence-electron chi connectivity index (χ3n) is 6.42. The van der Waals surface area contributed by atoms with E-state index in [1.54, 1.807) is 0 Å². The molecule has 0 aromatic heterocycles. The molecule has 1 aliphatic rings. The monoisotopic (exact) mass is 556 g/mol. The largest absolute Gasteiger partial charge is 0.379 e. The fourth-order valence-electron chi connectivity index (χ4n) is 4.28. The molecule has 2 rings (SSSR count). The van der Waals surface area contributed by atoms with Crippen LogP contribution in [0.3, 0.4) is 0 Å². The molecule has 0 amide bonds. The van der Waals surface area contributed by atoms with Gasteiger partial charge in [-0.05, 0) is 36.8 Å². The third kappa shape index (κ3) is 10.4. The van der Waals surface area contributed by atoms with Crippen LogP contribution in [0.5, 0.6) is 0 Å². The Morgan fingerprint density at radius 2 is 1.31 bits per heavy atom. The first-order valence-corrected chi connectivity index (χ1v) is 15.0. The molecule has 0 bridgehead atoms. The van der Waals surface area contributed by atoms with E-state index < -0.39 is 0 Å². The lowest BCUT2D eigenvalue weighted by Gasteiger charge is -2.46. The van der Waals surface area contributed by atoms with Gasteiger partial charge in [0, 0.05) is 31.8 Å². The van der Waals surface area contributed by atoms with E-state index in [9.17, 15) is 0 Å². The van der Waals surface area contributed by atoms with Gasteiger partial charge in [0.05, 0.1) is 6.61 Å². The highest BCUT2D eigenvalue weighted by Gasteiger charge is 2.48. The molecule has 0 saturated carbocycles. The summed E-state index contributed by atoms with van der Waals surface area (Å²) in [6.07, 6.45) is 7.36. The van der Waals surface area contributed by atoms with E-state index in [0.29, 0.717) is 26.4 Å². The molecule has 6 heteroatoms. The summed E-state index contributed by atoms with van der Waals surface area (Å²) in [5.41, 5.74) is 2.34. The first-order valence-electron chi connectivity index (χ1n) is 13.9. The van der Waals surface area contributed by atoms with Crippen molar-refractivity contribution in [2.45, 2.75) is 115 Å². The minimum absolute atomic E-state index is 0.207. The van der Waals surface area contributed by atoms with Crippen LogP contribution < -0.4 is 0 Å². The Morgan fingerprint density at radius 3 is 1.91 bits per heavy atom. The van der Waals surface area contributed by atoms with Gasteiger partial charge in [-0.25, -0.2) is 0 Å². The van der Waals surface area contributed by atoms with E-state index >= 15 is 0 Å². The van der Waals surface area contributed by atoms with Gasteiger partial charge in [-0.15, -0.1) is 0 Å². The van der Waals surface area contributed by atoms with Crippen molar-refractivity contribution in [2.24, 2.45) is 0 Å². The molecule has 0 spiro atoms. The number of hydrogen-bond donors (Lipinski definition) is 0. The van der Waals surface area contributed by atoms with Crippen molar-refractivity contribution in [1.29, 1.82) is 0 Å². The molecule has 0 N–H and O–H groups in total. The number of halogens is 1. The lowest BCUT2D eigenvalue weighted by molar-refractivity contribution is -0.268. The molecule has 1 saturated heterocycles. The Morgan fingerprint density at radius 1 is 0.743 bits per heavy atom. The molecule has 1 aromatic carbocycles. The Hall–Kier alpha value is -0.500. The first kappa shape index (κ1) is 30.7. The Labute approximate surface area is 222 Å². The van der Waals surface area contributed by atoms with Gasteiger partial charge in [-0.3, -0.25) is 0 Å². The fourth-order valence-corrected chi connectivity index (χ4v) is 4.63. The van der Waals surface area contributed by atoms with Gasteiger partial charge in [-0.1, -0.05) is 93.6 Å². The van der Waals surface area contributed by atoms with Gasteiger partial charge in [0.25, 0.3) is 0 Å². The summed E-state index contributed by atoms with van der Waals surface area (Å²) in [6, 6.07) is 8.59. The quantitative estimate of drug-likeness (QED) is 0.131. The number of hydrogen-bond acceptors (Lipinski definition) is 5. The zero-order chi connectivity index (χ0) is 25.3. The van der Waals surface area contributed by atoms with Crippen molar-refractivity contribution in [2.75, 3.05) is 33.0 Å². The summed E-state index contributed by atoms with van der Waals surface area (Å²) in [7, 11) is 0. The average molecular weight is 558 g/mol. The lowest BCUT2D eigenvalue weighted by atomic mass is 9.90. The van der Waals surface area contributed by atoms with Crippen molar-refractivity contribution in [3.63, 3.8) is 0 Å². The minimum atomic E-state index is -0.234. The molecular weight excluding hydrogens is 508 g/mol. The van der Waals surface area contributed by atoms with E-state index in [1.807, 2.05) is 0 Å². The van der Waals surface area contributed by atoms with E-state index in [4.69, 9.17) is 23.7 Å². The number of unbranched alkanes of at least 4 members (excludes halogenated alkanes) is 4. The summed E-state index contributed by atoms with van der Waals surface area (Å²) in [5, 5.41) is 0.803. The van der Waals surface area contributed by atoms with Gasteiger partial charge < -0.3 is 23.7 Å². The summed E-state index contributed by atoms with van der Waals surface area (Å²) in [6.45, 7) is 12.1. The molecule has 1 aromatic rings. The van der Waals surface area contributed by atoms with E-state index in [1.165, 1.54) is 5.56 Å². The van der Waals surface area contributed by atoms with Gasteiger partial charge in [0.1, 0.15) is 30.5 Å². The van der Waals surface area contributed by atoms with Crippen molar-refractivity contribution >= 4 is 15.9 Å². The van der Waals surface area contributed by atoms with Crippen LogP contribution in [-0.2, 0) is 29.0 Å². The number of ether oxygens (including phenoxy) is 5. The lowest BCUT2D eigenvalue weighted by Crippen LogP contribution is -2.58. The van der Waals surface area contributed by atoms with Crippen molar-refractivity contribution < 1.29 is 23.7 Å². The normalized spacial score (nSPS) is 24.7. The van der Waals surface area contributed by atoms with Crippen molar-refractivity contribution in [1.82, 2.24) is 0 Å². The minimum Gasteiger partial charge on any atom is -0.379 e. The van der Waals surface area contributed by atoms with Crippen LogP contribution in [0.15, 0.2) is 24.3 Å². The molecule has 0 aliphatic carbocycles. The fraction of sp³-hybridized carbons (Fsp3) is 0.793. The van der Waals surface area contributed by atoms with E-state index in [-0.39, 0.29) is 30.5 Å². The van der Waals surface area contributed by atoms with Gasteiger partial charge in [0.2, 0.25) is 0 Å². The van der Waals surface area contributed by atoms with Crippen LogP contribution in [-0.4, -0.2) is 57.5 Å². The summed E-state index contributed by atoms with van der Waals surface area (Å²) < 4.78 is 32.5. The van der Waals surface area contributed by atoms with Crippen molar-refractivity contribution in [3.8, 4) is 0 Å². The maximum Gasteiger partial charge on any atom is 0.117 e. The number of alkyl halides is 1. The standard InChI is InChI=1S/C29H49BrO5/c1-5-9-16-31-22-25-27(32-17-10-6-2)29(34-19-12-8-4)28(33-18-11-7-3)26(35-25)24-15-13-14-23(20-24)21-30/h13-15,20,25-29H,5-12,16-19,21-22H2,1-4H3/t25-,26+,27-,28+,29+/m1/s1. The Kier molecular flexibility index (Phi) is 16.4. The van der Waals surface area contributed by atoms with Gasteiger partial charge in [0.15, 0.2) is 0 Å². The molecular formula is C29H49BrO5. The summed E-state index contributed by atoms with van der Waals surface area (Å²) in [5.74, 6) is 0. The molecule has 1 heterocycles. The van der Waals surface area contributed by atoms with Crippen LogP contribution >= 0.6 is 15.9 Å². The van der Waals surface area contributed by atoms with Crippen LogP contribution in [0.25, 0.3) is 0 Å². The number of benzene rings is 1. The molecule has 0 radical (unpaired) electrons. The summed E-state index contributed by atoms with van der Waals surface area (Å²) in [4.78, 5) is 0. The third-order valence-corrected chi connectivity index (χ3v) is 7.06. The first-order chi connectivity index (χ1) is 17.2. The molecule has 5 atom stereocenters.